The van der Waals surface area contributed by atoms with Crippen LogP contribution in [0.15, 0.2) is 254 Å². The average Bonchev–Trinajstić information content (AvgIpc) is 1.62. The van der Waals surface area contributed by atoms with Crippen molar-refractivity contribution in [3.05, 3.63) is 305 Å². The number of benzene rings is 5. The van der Waals surface area contributed by atoms with Crippen molar-refractivity contribution in [2.24, 2.45) is 0 Å². The summed E-state index contributed by atoms with van der Waals surface area (Å²) in [4.78, 5) is 123. The zero-order valence-electron chi connectivity index (χ0n) is 88.4. The molecule has 0 amide bonds. The maximum absolute atomic E-state index is 12.8. The van der Waals surface area contributed by atoms with Crippen molar-refractivity contribution >= 4 is 111 Å². The van der Waals surface area contributed by atoms with Gasteiger partial charge < -0.3 is 83.3 Å². The summed E-state index contributed by atoms with van der Waals surface area (Å²) in [5, 5.41) is 4.52. The number of hydrogen-bond acceptors (Lipinski definition) is 28. The third kappa shape index (κ3) is 20.7. The normalized spacial score (nSPS) is 16.9. The van der Waals surface area contributed by atoms with Crippen LogP contribution < -0.4 is 52.6 Å². The second kappa shape index (κ2) is 41.4. The lowest BCUT2D eigenvalue weighted by Gasteiger charge is -2.40. The summed E-state index contributed by atoms with van der Waals surface area (Å²) in [5.41, 5.74) is 24.0. The molecule has 0 aliphatic carbocycles. The molecule has 5 aromatic carbocycles. The first-order chi connectivity index (χ1) is 72.1. The van der Waals surface area contributed by atoms with Crippen LogP contribution in [-0.2, 0) is 0 Å². The Balaban J connectivity index is 0.000000109. The molecule has 5 fully saturated rings. The minimum Gasteiger partial charge on any atom is -0.422 e. The summed E-state index contributed by atoms with van der Waals surface area (Å²) in [6, 6.07) is 46.8. The highest BCUT2D eigenvalue weighted by Crippen LogP contribution is 2.37. The second-order valence-electron chi connectivity index (χ2n) is 41.6. The highest BCUT2D eigenvalue weighted by Gasteiger charge is 2.32. The van der Waals surface area contributed by atoms with E-state index in [-0.39, 0.29) is 28.1 Å². The van der Waals surface area contributed by atoms with Crippen molar-refractivity contribution < 1.29 is 22.1 Å². The van der Waals surface area contributed by atoms with Crippen molar-refractivity contribution in [3.8, 4) is 56.0 Å². The summed E-state index contributed by atoms with van der Waals surface area (Å²) in [6.07, 6.45) is 26.1. The molecule has 0 unspecified atom stereocenters. The standard InChI is InChI=1S/C24H27N5O2.C24H26N4O2.2C23H25N5O2.C23H24N4O2/c1-5-27-8-9-28(13-16(27)3)19-7-6-18-10-20(24(30)31-22(18)11-19)21-14-29-12-15(2)25-17(4)23(29)26-21;1-16(2)26-6-8-27(9-7-26)20-5-4-18-11-22(24(29)30-23(18)12-20)19-10-21-13-25-17(3)14-28(21)15-19;2*1-14-11-28-13-20(25-22(28)15(2)24-14)19-9-16-5-6-17(10-21(16)30-23(19)29)27-8-7-18(12-27)26(3)4;1-15-12-27-13-17(8-20(27)11-24-15)21-9-16-4-5-18(10-22(16)29-23(21)28)26-7-6-19(14-26)25(2)3/h6-7,10-12,14,16H,5,8-9,13H2,1-4H3;4-5,10-16H,6-9H2,1-3H3;2*5-6,9-11,13,18H,7-8,12H2,1-4H3;4-5,8-13,19H,6-7,14H2,1-3H3/t16-;;2*18-;19-/m0.101/s1. The fourth-order valence-electron chi connectivity index (χ4n) is 21.6. The monoisotopic (exact) mass is 2010 g/mol. The van der Waals surface area contributed by atoms with Gasteiger partial charge in [0.2, 0.25) is 0 Å². The zero-order valence-corrected chi connectivity index (χ0v) is 88.4. The van der Waals surface area contributed by atoms with E-state index < -0.39 is 0 Å². The first-order valence-corrected chi connectivity index (χ1v) is 51.7. The summed E-state index contributed by atoms with van der Waals surface area (Å²) in [7, 11) is 12.7. The molecule has 5 aliphatic heterocycles. The highest BCUT2D eigenvalue weighted by molar-refractivity contribution is 5.90. The van der Waals surface area contributed by atoms with Crippen LogP contribution in [0.1, 0.15) is 92.5 Å². The van der Waals surface area contributed by atoms with E-state index >= 15 is 0 Å². The number of nitrogens with zero attached hydrogens (tertiary/aromatic N) is 23. The van der Waals surface area contributed by atoms with E-state index in [4.69, 9.17) is 22.1 Å². The van der Waals surface area contributed by atoms with Gasteiger partial charge in [0, 0.05) is 274 Å². The van der Waals surface area contributed by atoms with E-state index in [1.54, 1.807) is 0 Å². The molecule has 25 rings (SSSR count). The maximum atomic E-state index is 12.8. The van der Waals surface area contributed by atoms with Crippen molar-refractivity contribution in [1.82, 2.24) is 86.4 Å². The number of aromatic nitrogens is 13. The molecule has 4 atom stereocenters. The van der Waals surface area contributed by atoms with Gasteiger partial charge in [0.25, 0.3) is 0 Å². The van der Waals surface area contributed by atoms with E-state index in [1.165, 1.54) is 0 Å². The number of aryl methyl sites for hydroxylation is 8. The van der Waals surface area contributed by atoms with Gasteiger partial charge >= 0.3 is 28.1 Å². The van der Waals surface area contributed by atoms with Gasteiger partial charge in [-0.25, -0.2) is 38.9 Å². The molecule has 33 nitrogen and oxygen atoms in total. The molecule has 33 heteroatoms. The number of hydrogen-bond donors (Lipinski definition) is 0. The lowest BCUT2D eigenvalue weighted by molar-refractivity contribution is 0.199. The lowest BCUT2D eigenvalue weighted by Crippen LogP contribution is -2.51. The van der Waals surface area contributed by atoms with Gasteiger partial charge in [-0.3, -0.25) is 34.7 Å². The van der Waals surface area contributed by atoms with Crippen LogP contribution in [0.2, 0.25) is 0 Å². The van der Waals surface area contributed by atoms with Crippen LogP contribution in [0.3, 0.4) is 0 Å². The number of piperazine rings is 2. The minimum atomic E-state index is -0.377. The SMILES string of the molecule is CCN1CCN(c2ccc3cc(-c4cn5cc(C)nc(C)c5n4)c(=O)oc3c2)C[C@@H]1C.Cc1cn2cc(-c3cc4ccc(N5CCN(C(C)C)CC5)cc4oc3=O)cc2cn1.Cc1cn2cc(-c3cc4ccc(N5CC[C@@H](N(C)C)C5)cc4oc3=O)cc2cn1.Cc1cn2cc(-c3cc4ccc(N5CC[C@@H](N(C)C)C5)cc4oc3=O)nc2c(C)n1.Cc1cn2cc(-c3cc4ccc(N5CC[C@H](N(C)C)C5)cc4oc3=O)nc2c(C)n1. The molecule has 0 saturated carbocycles. The zero-order chi connectivity index (χ0) is 105. The van der Waals surface area contributed by atoms with Crippen molar-refractivity contribution in [2.45, 2.75) is 133 Å². The molecule has 0 spiro atoms. The maximum Gasteiger partial charge on any atom is 0.345 e. The molecule has 0 radical (unpaired) electrons. The predicted octanol–water partition coefficient (Wildman–Crippen LogP) is 17.7. The Morgan fingerprint density at radius 2 is 0.613 bits per heavy atom. The van der Waals surface area contributed by atoms with E-state index in [1.807, 2.05) is 255 Å². The Morgan fingerprint density at radius 1 is 0.320 bits per heavy atom. The highest BCUT2D eigenvalue weighted by atomic mass is 16.4. The van der Waals surface area contributed by atoms with Crippen molar-refractivity contribution in [1.29, 1.82) is 0 Å². The largest absolute Gasteiger partial charge is 0.422 e. The fourth-order valence-corrected chi connectivity index (χ4v) is 21.6. The quantitative estimate of drug-likeness (QED) is 0.0861. The summed E-state index contributed by atoms with van der Waals surface area (Å²) in [5.74, 6) is 0. The molecule has 0 bridgehead atoms. The van der Waals surface area contributed by atoms with Gasteiger partial charge in [-0.2, -0.15) is 0 Å². The molecule has 770 valence electrons. The van der Waals surface area contributed by atoms with Crippen LogP contribution in [0.4, 0.5) is 28.4 Å². The van der Waals surface area contributed by atoms with E-state index in [2.05, 4.69) is 189 Å². The number of imidazole rings is 3. The summed E-state index contributed by atoms with van der Waals surface area (Å²) < 4.78 is 38.3. The Hall–Kier alpha value is -15.8. The number of fused-ring (bicyclic) bond motifs is 10. The van der Waals surface area contributed by atoms with Gasteiger partial charge in [0.15, 0.2) is 16.9 Å². The Labute approximate surface area is 867 Å². The average molecular weight is 2020 g/mol. The van der Waals surface area contributed by atoms with Gasteiger partial charge in [-0.1, -0.05) is 6.92 Å². The van der Waals surface area contributed by atoms with Gasteiger partial charge in [-0.05, 0) is 247 Å². The molecule has 20 aromatic rings. The van der Waals surface area contributed by atoms with Crippen LogP contribution >= 0.6 is 0 Å². The molecule has 20 heterocycles. The predicted molar refractivity (Wildman–Crippen MR) is 595 cm³/mol. The number of likely N-dealkylation sites (N-methyl/N-ethyl adjacent to an activating group) is 4. The first-order valence-electron chi connectivity index (χ1n) is 51.7. The van der Waals surface area contributed by atoms with Crippen LogP contribution in [-0.4, -0.2) is 250 Å². The molecule has 0 N–H and O–H groups in total. The minimum absolute atomic E-state index is 0.315. The van der Waals surface area contributed by atoms with Gasteiger partial charge in [-0.15, -0.1) is 0 Å². The van der Waals surface area contributed by atoms with Crippen molar-refractivity contribution in [3.63, 3.8) is 0 Å². The topological polar surface area (TPSA) is 309 Å². The Kier molecular flexibility index (Phi) is 27.6. The molecule has 5 saturated heterocycles. The fraction of sp³-hybridized carbons (Fsp3) is 0.342. The third-order valence-corrected chi connectivity index (χ3v) is 30.2. The first kappa shape index (κ1) is 100. The second-order valence-corrected chi connectivity index (χ2v) is 41.6. The smallest absolute Gasteiger partial charge is 0.345 e. The number of rotatable bonds is 15. The van der Waals surface area contributed by atoms with Crippen LogP contribution in [0, 0.1) is 55.4 Å². The molecule has 15 aromatic heterocycles. The van der Waals surface area contributed by atoms with E-state index in [9.17, 15) is 24.0 Å². The Morgan fingerprint density at radius 3 is 0.913 bits per heavy atom. The van der Waals surface area contributed by atoms with Crippen LogP contribution in [0.5, 0.6) is 0 Å². The summed E-state index contributed by atoms with van der Waals surface area (Å²) >= 11 is 0. The van der Waals surface area contributed by atoms with Gasteiger partial charge in [0.05, 0.1) is 114 Å². The molecular weight excluding hydrogens is 1890 g/mol. The molecule has 5 aliphatic rings. The third-order valence-electron chi connectivity index (χ3n) is 30.2. The molecule has 150 heavy (non-hydrogen) atoms. The molecular formula is C117H127N23O10. The van der Waals surface area contributed by atoms with E-state index in [0.717, 1.165) is 251 Å². The van der Waals surface area contributed by atoms with Gasteiger partial charge in [0.1, 0.15) is 27.9 Å². The Bertz CT molecular complexity index is 8690. The van der Waals surface area contributed by atoms with E-state index in [0.29, 0.717) is 103 Å². The van der Waals surface area contributed by atoms with Crippen molar-refractivity contribution in [2.75, 3.05) is 158 Å². The summed E-state index contributed by atoms with van der Waals surface area (Å²) in [6.45, 7) is 38.5. The lowest BCUT2D eigenvalue weighted by atomic mass is 10.1. The number of anilines is 5. The van der Waals surface area contributed by atoms with Crippen LogP contribution in [0.25, 0.3) is 139 Å².